The van der Waals surface area contributed by atoms with Gasteiger partial charge in [-0.3, -0.25) is 4.79 Å². The molecule has 0 unspecified atom stereocenters. The number of Topliss-reactive ketones (excluding diaryl/α,β-unsaturated/α-hetero) is 1. The van der Waals surface area contributed by atoms with Crippen molar-refractivity contribution in [2.45, 2.75) is 26.3 Å². The summed E-state index contributed by atoms with van der Waals surface area (Å²) in [6.45, 7) is 4.12. The molecule has 0 saturated carbocycles. The molecule has 0 spiro atoms. The molecule has 1 rings (SSSR count). The van der Waals surface area contributed by atoms with Crippen LogP contribution in [0.5, 0.6) is 5.75 Å². The topological polar surface area (TPSA) is 52.3 Å². The molecule has 0 aliphatic rings. The van der Waals surface area contributed by atoms with Crippen molar-refractivity contribution in [3.05, 3.63) is 29.8 Å². The third-order valence-corrected chi connectivity index (χ3v) is 2.21. The fraction of sp³-hybridized carbons (Fsp3) is 0.417. The van der Waals surface area contributed by atoms with E-state index in [4.69, 9.17) is 10.5 Å². The number of carbonyl (C=O) groups is 1. The summed E-state index contributed by atoms with van der Waals surface area (Å²) in [7, 11) is 0. The second-order valence-electron chi connectivity index (χ2n) is 3.50. The van der Waals surface area contributed by atoms with Gasteiger partial charge in [0.05, 0.1) is 12.6 Å². The molecule has 0 heterocycles. The highest BCUT2D eigenvalue weighted by atomic mass is 16.5. The summed E-state index contributed by atoms with van der Waals surface area (Å²) < 4.78 is 5.32. The Morgan fingerprint density at radius 1 is 1.40 bits per heavy atom. The summed E-state index contributed by atoms with van der Waals surface area (Å²) in [6.07, 6.45) is 0.585. The zero-order valence-corrected chi connectivity index (χ0v) is 9.19. The summed E-state index contributed by atoms with van der Waals surface area (Å²) in [6, 6.07) is 7.27. The number of ether oxygens (including phenoxy) is 1. The molecular weight excluding hydrogens is 190 g/mol. The van der Waals surface area contributed by atoms with Crippen LogP contribution in [0.25, 0.3) is 0 Å². The van der Waals surface area contributed by atoms with Crippen LogP contribution in [0.1, 0.15) is 19.4 Å². The predicted octanol–water partition coefficient (Wildman–Crippen LogP) is 1.54. The van der Waals surface area contributed by atoms with Crippen LogP contribution in [-0.2, 0) is 11.2 Å². The van der Waals surface area contributed by atoms with Gasteiger partial charge in [-0.15, -0.1) is 0 Å². The third kappa shape index (κ3) is 3.72. The zero-order chi connectivity index (χ0) is 11.3. The van der Waals surface area contributed by atoms with Gasteiger partial charge in [0.1, 0.15) is 11.5 Å². The molecular formula is C12H17NO2. The van der Waals surface area contributed by atoms with Crippen molar-refractivity contribution >= 4 is 5.78 Å². The molecule has 1 atom stereocenters. The van der Waals surface area contributed by atoms with Gasteiger partial charge in [0.25, 0.3) is 0 Å². The maximum atomic E-state index is 11.0. The van der Waals surface area contributed by atoms with Crippen LogP contribution in [-0.4, -0.2) is 18.4 Å². The van der Waals surface area contributed by atoms with E-state index >= 15 is 0 Å². The van der Waals surface area contributed by atoms with E-state index in [1.54, 1.807) is 0 Å². The van der Waals surface area contributed by atoms with Gasteiger partial charge >= 0.3 is 0 Å². The lowest BCUT2D eigenvalue weighted by molar-refractivity contribution is -0.118. The van der Waals surface area contributed by atoms with E-state index < -0.39 is 6.04 Å². The van der Waals surface area contributed by atoms with Crippen molar-refractivity contribution in [1.29, 1.82) is 0 Å². The summed E-state index contributed by atoms with van der Waals surface area (Å²) in [4.78, 5) is 11.0. The molecule has 0 radical (unpaired) electrons. The Kier molecular flexibility index (Phi) is 4.31. The second-order valence-corrected chi connectivity index (χ2v) is 3.50. The van der Waals surface area contributed by atoms with Crippen molar-refractivity contribution in [2.24, 2.45) is 5.73 Å². The smallest absolute Gasteiger partial charge is 0.146 e. The van der Waals surface area contributed by atoms with E-state index in [1.807, 2.05) is 31.2 Å². The largest absolute Gasteiger partial charge is 0.494 e. The number of benzene rings is 1. The standard InChI is InChI=1S/C12H17NO2/c1-3-15-11-6-4-10(5-7-11)8-12(13)9(2)14/h4-7,12H,3,8,13H2,1-2H3/t12-/m1/s1. The molecule has 0 bridgehead atoms. The summed E-state index contributed by atoms with van der Waals surface area (Å²) in [5, 5.41) is 0. The molecule has 0 fully saturated rings. The van der Waals surface area contributed by atoms with E-state index in [-0.39, 0.29) is 5.78 Å². The highest BCUT2D eigenvalue weighted by Crippen LogP contribution is 2.13. The van der Waals surface area contributed by atoms with Crippen LogP contribution in [0.4, 0.5) is 0 Å². The first-order valence-corrected chi connectivity index (χ1v) is 5.11. The van der Waals surface area contributed by atoms with Crippen molar-refractivity contribution in [2.75, 3.05) is 6.61 Å². The van der Waals surface area contributed by atoms with Gasteiger partial charge in [-0.1, -0.05) is 12.1 Å². The molecule has 3 heteroatoms. The zero-order valence-electron chi connectivity index (χ0n) is 9.19. The van der Waals surface area contributed by atoms with Crippen LogP contribution in [0, 0.1) is 0 Å². The number of carbonyl (C=O) groups excluding carboxylic acids is 1. The third-order valence-electron chi connectivity index (χ3n) is 2.21. The predicted molar refractivity (Wildman–Crippen MR) is 60.0 cm³/mol. The minimum atomic E-state index is -0.400. The molecule has 15 heavy (non-hydrogen) atoms. The Bertz CT molecular complexity index is 319. The van der Waals surface area contributed by atoms with Gasteiger partial charge < -0.3 is 10.5 Å². The molecule has 0 aliphatic carbocycles. The number of nitrogens with two attached hydrogens (primary N) is 1. The van der Waals surface area contributed by atoms with E-state index in [0.29, 0.717) is 13.0 Å². The lowest BCUT2D eigenvalue weighted by Gasteiger charge is -2.08. The normalized spacial score (nSPS) is 12.2. The second kappa shape index (κ2) is 5.51. The Hall–Kier alpha value is -1.35. The summed E-state index contributed by atoms with van der Waals surface area (Å²) in [5.74, 6) is 0.863. The average molecular weight is 207 g/mol. The lowest BCUT2D eigenvalue weighted by Crippen LogP contribution is -2.30. The Morgan fingerprint density at radius 3 is 2.47 bits per heavy atom. The average Bonchev–Trinajstić information content (AvgIpc) is 2.21. The van der Waals surface area contributed by atoms with Crippen molar-refractivity contribution in [3.63, 3.8) is 0 Å². The van der Waals surface area contributed by atoms with Crippen molar-refractivity contribution < 1.29 is 9.53 Å². The molecule has 2 N–H and O–H groups in total. The Balaban J connectivity index is 2.60. The van der Waals surface area contributed by atoms with Crippen LogP contribution in [0.15, 0.2) is 24.3 Å². The molecule has 0 saturated heterocycles. The van der Waals surface area contributed by atoms with Crippen LogP contribution in [0.2, 0.25) is 0 Å². The quantitative estimate of drug-likeness (QED) is 0.796. The van der Waals surface area contributed by atoms with Gasteiger partial charge in [-0.05, 0) is 38.0 Å². The summed E-state index contributed by atoms with van der Waals surface area (Å²) in [5.41, 5.74) is 6.72. The Morgan fingerprint density at radius 2 is 2.00 bits per heavy atom. The fourth-order valence-electron chi connectivity index (χ4n) is 1.29. The van der Waals surface area contributed by atoms with E-state index in [9.17, 15) is 4.79 Å². The van der Waals surface area contributed by atoms with Crippen LogP contribution >= 0.6 is 0 Å². The van der Waals surface area contributed by atoms with Gasteiger partial charge in [0, 0.05) is 0 Å². The number of hydrogen-bond donors (Lipinski definition) is 1. The van der Waals surface area contributed by atoms with Crippen LogP contribution in [0.3, 0.4) is 0 Å². The molecule has 1 aromatic rings. The van der Waals surface area contributed by atoms with Gasteiger partial charge in [0.15, 0.2) is 0 Å². The molecule has 1 aromatic carbocycles. The highest BCUT2D eigenvalue weighted by molar-refractivity contribution is 5.81. The lowest BCUT2D eigenvalue weighted by atomic mass is 10.0. The maximum absolute atomic E-state index is 11.0. The number of rotatable bonds is 5. The van der Waals surface area contributed by atoms with Gasteiger partial charge in [-0.25, -0.2) is 0 Å². The number of ketones is 1. The van der Waals surface area contributed by atoms with Gasteiger partial charge in [0.2, 0.25) is 0 Å². The minimum absolute atomic E-state index is 0.0175. The fourth-order valence-corrected chi connectivity index (χ4v) is 1.29. The first-order valence-electron chi connectivity index (χ1n) is 5.11. The van der Waals surface area contributed by atoms with Crippen LogP contribution < -0.4 is 10.5 Å². The van der Waals surface area contributed by atoms with Gasteiger partial charge in [-0.2, -0.15) is 0 Å². The molecule has 3 nitrogen and oxygen atoms in total. The monoisotopic (exact) mass is 207 g/mol. The SMILES string of the molecule is CCOc1ccc(C[C@@H](N)C(C)=O)cc1. The molecule has 0 aromatic heterocycles. The first kappa shape index (κ1) is 11.7. The minimum Gasteiger partial charge on any atom is -0.494 e. The first-order chi connectivity index (χ1) is 7.13. The Labute approximate surface area is 90.2 Å². The summed E-state index contributed by atoms with van der Waals surface area (Å²) >= 11 is 0. The molecule has 0 aliphatic heterocycles. The highest BCUT2D eigenvalue weighted by Gasteiger charge is 2.08. The van der Waals surface area contributed by atoms with E-state index in [0.717, 1.165) is 11.3 Å². The molecule has 82 valence electrons. The van der Waals surface area contributed by atoms with Crippen molar-refractivity contribution in [1.82, 2.24) is 0 Å². The maximum Gasteiger partial charge on any atom is 0.146 e. The van der Waals surface area contributed by atoms with E-state index in [2.05, 4.69) is 0 Å². The van der Waals surface area contributed by atoms with Crippen molar-refractivity contribution in [3.8, 4) is 5.75 Å². The molecule has 0 amide bonds. The number of hydrogen-bond acceptors (Lipinski definition) is 3. The van der Waals surface area contributed by atoms with E-state index in [1.165, 1.54) is 6.92 Å².